The largest absolute Gasteiger partial charge is 0.507 e. The molecule has 11 heteroatoms. The SMILES string of the molecule is Cc1cc(NC(=S)NC(=O)c2ccc(-c3ccccc3[N+](=O)[O-])o2)cc(-c2nc3ccccc3s2)c1O. The second-order valence-corrected chi connectivity index (χ2v) is 9.46. The van der Waals surface area contributed by atoms with Crippen LogP contribution in [0.25, 0.3) is 32.1 Å². The van der Waals surface area contributed by atoms with Gasteiger partial charge < -0.3 is 14.8 Å². The number of thiocarbonyl (C=S) groups is 1. The standard InChI is InChI=1S/C26H18N4O5S2/c1-14-12-15(13-17(23(14)31)25-28-18-7-3-5-9-22(18)37-25)27-26(36)29-24(32)21-11-10-20(35-21)16-6-2-4-8-19(16)30(33)34/h2-13,31H,1H3,(H2,27,29,32,36). The van der Waals surface area contributed by atoms with Gasteiger partial charge in [0.05, 0.1) is 26.3 Å². The van der Waals surface area contributed by atoms with Gasteiger partial charge in [0, 0.05) is 11.8 Å². The highest BCUT2D eigenvalue weighted by molar-refractivity contribution is 7.80. The van der Waals surface area contributed by atoms with Crippen molar-refractivity contribution in [1.82, 2.24) is 10.3 Å². The summed E-state index contributed by atoms with van der Waals surface area (Å²) >= 11 is 6.76. The highest BCUT2D eigenvalue weighted by Crippen LogP contribution is 2.39. The number of rotatable bonds is 5. The number of anilines is 1. The summed E-state index contributed by atoms with van der Waals surface area (Å²) < 4.78 is 6.56. The number of para-hydroxylation sites is 2. The van der Waals surface area contributed by atoms with Crippen LogP contribution in [0.2, 0.25) is 0 Å². The topological polar surface area (TPSA) is 131 Å². The van der Waals surface area contributed by atoms with Crippen LogP contribution < -0.4 is 10.6 Å². The number of nitro benzene ring substituents is 1. The van der Waals surface area contributed by atoms with Gasteiger partial charge in [-0.2, -0.15) is 0 Å². The maximum atomic E-state index is 12.7. The number of thiazole rings is 1. The number of nitrogens with zero attached hydrogens (tertiary/aromatic N) is 2. The number of hydrogen-bond acceptors (Lipinski definition) is 8. The van der Waals surface area contributed by atoms with Crippen molar-refractivity contribution < 1.29 is 19.2 Å². The third-order valence-electron chi connectivity index (χ3n) is 5.51. The van der Waals surface area contributed by atoms with Crippen LogP contribution in [0.15, 0.2) is 77.2 Å². The quantitative estimate of drug-likeness (QED) is 0.105. The normalized spacial score (nSPS) is 10.8. The van der Waals surface area contributed by atoms with Gasteiger partial charge in [-0.3, -0.25) is 20.2 Å². The number of amides is 1. The van der Waals surface area contributed by atoms with Crippen molar-refractivity contribution in [3.8, 4) is 27.6 Å². The smallest absolute Gasteiger partial charge is 0.293 e. The Morgan fingerprint density at radius 1 is 1.08 bits per heavy atom. The van der Waals surface area contributed by atoms with Gasteiger partial charge in [0.2, 0.25) is 0 Å². The average Bonchev–Trinajstić information content (AvgIpc) is 3.53. The van der Waals surface area contributed by atoms with E-state index in [0.29, 0.717) is 21.8 Å². The zero-order chi connectivity index (χ0) is 26.1. The number of hydrogen-bond donors (Lipinski definition) is 3. The predicted octanol–water partition coefficient (Wildman–Crippen LogP) is 6.27. The van der Waals surface area contributed by atoms with Crippen LogP contribution in [0.1, 0.15) is 16.1 Å². The number of phenols is 1. The Kier molecular flexibility index (Phi) is 6.38. The zero-order valence-electron chi connectivity index (χ0n) is 19.2. The van der Waals surface area contributed by atoms with E-state index in [1.165, 1.54) is 29.5 Å². The van der Waals surface area contributed by atoms with Crippen LogP contribution >= 0.6 is 23.6 Å². The van der Waals surface area contributed by atoms with E-state index in [0.717, 1.165) is 10.2 Å². The molecule has 37 heavy (non-hydrogen) atoms. The van der Waals surface area contributed by atoms with Gasteiger partial charge in [-0.05, 0) is 67.2 Å². The molecule has 5 rings (SSSR count). The predicted molar refractivity (Wildman–Crippen MR) is 146 cm³/mol. The molecule has 0 aliphatic heterocycles. The number of phenolic OH excluding ortho intramolecular Hbond substituents is 1. The van der Waals surface area contributed by atoms with Crippen LogP contribution in [0.3, 0.4) is 0 Å². The van der Waals surface area contributed by atoms with Gasteiger partial charge in [0.25, 0.3) is 11.6 Å². The van der Waals surface area contributed by atoms with Gasteiger partial charge >= 0.3 is 0 Å². The fraction of sp³-hybridized carbons (Fsp3) is 0.0385. The number of nitro groups is 1. The number of aromatic hydroxyl groups is 1. The molecule has 3 aromatic carbocycles. The molecule has 0 radical (unpaired) electrons. The first kappa shape index (κ1) is 24.1. The number of aryl methyl sites for hydroxylation is 1. The van der Waals surface area contributed by atoms with Gasteiger partial charge in [-0.15, -0.1) is 11.3 Å². The number of carbonyl (C=O) groups excluding carboxylic acids is 1. The van der Waals surface area contributed by atoms with Crippen molar-refractivity contribution in [2.75, 3.05) is 5.32 Å². The molecule has 2 heterocycles. The molecule has 3 N–H and O–H groups in total. The summed E-state index contributed by atoms with van der Waals surface area (Å²) in [7, 11) is 0. The maximum absolute atomic E-state index is 12.7. The molecule has 0 spiro atoms. The monoisotopic (exact) mass is 530 g/mol. The summed E-state index contributed by atoms with van der Waals surface area (Å²) in [5.41, 5.74) is 2.66. The summed E-state index contributed by atoms with van der Waals surface area (Å²) in [4.78, 5) is 28.1. The fourth-order valence-corrected chi connectivity index (χ4v) is 4.97. The molecule has 0 unspecified atom stereocenters. The maximum Gasteiger partial charge on any atom is 0.293 e. The highest BCUT2D eigenvalue weighted by Gasteiger charge is 2.20. The van der Waals surface area contributed by atoms with E-state index in [2.05, 4.69) is 15.6 Å². The van der Waals surface area contributed by atoms with E-state index in [9.17, 15) is 20.0 Å². The minimum absolute atomic E-state index is 0.00832. The third-order valence-corrected chi connectivity index (χ3v) is 6.78. The van der Waals surface area contributed by atoms with E-state index >= 15 is 0 Å². The third kappa shape index (κ3) is 4.90. The average molecular weight is 531 g/mol. The molecule has 9 nitrogen and oxygen atoms in total. The molecule has 0 saturated carbocycles. The Hall–Kier alpha value is -4.61. The Morgan fingerprint density at radius 3 is 2.62 bits per heavy atom. The molecule has 184 valence electrons. The van der Waals surface area contributed by atoms with Crippen molar-refractivity contribution in [1.29, 1.82) is 0 Å². The Labute approximate surface area is 219 Å². The molecule has 0 aliphatic carbocycles. The Balaban J connectivity index is 1.33. The lowest BCUT2D eigenvalue weighted by Crippen LogP contribution is -2.33. The lowest BCUT2D eigenvalue weighted by atomic mass is 10.1. The van der Waals surface area contributed by atoms with Gasteiger partial charge in [-0.1, -0.05) is 24.3 Å². The molecule has 0 atom stereocenters. The van der Waals surface area contributed by atoms with Crippen molar-refractivity contribution in [3.63, 3.8) is 0 Å². The van der Waals surface area contributed by atoms with E-state index in [-0.39, 0.29) is 33.6 Å². The summed E-state index contributed by atoms with van der Waals surface area (Å²) in [6.07, 6.45) is 0. The van der Waals surface area contributed by atoms with Crippen molar-refractivity contribution in [2.45, 2.75) is 6.92 Å². The second kappa shape index (κ2) is 9.80. The summed E-state index contributed by atoms with van der Waals surface area (Å²) in [5.74, 6) is -0.387. The zero-order valence-corrected chi connectivity index (χ0v) is 20.9. The number of furan rings is 1. The molecule has 0 aliphatic rings. The number of nitrogens with one attached hydrogen (secondary N) is 2. The number of benzene rings is 3. The molecule has 5 aromatic rings. The van der Waals surface area contributed by atoms with Crippen molar-refractivity contribution >= 4 is 56.2 Å². The fourth-order valence-electron chi connectivity index (χ4n) is 3.78. The first-order chi connectivity index (χ1) is 17.8. The lowest BCUT2D eigenvalue weighted by molar-refractivity contribution is -0.384. The molecule has 1 amide bonds. The van der Waals surface area contributed by atoms with Crippen molar-refractivity contribution in [3.05, 3.63) is 94.2 Å². The van der Waals surface area contributed by atoms with E-state index < -0.39 is 10.8 Å². The molecule has 0 saturated heterocycles. The van der Waals surface area contributed by atoms with Gasteiger partial charge in [0.1, 0.15) is 16.5 Å². The van der Waals surface area contributed by atoms with E-state index in [1.807, 2.05) is 24.3 Å². The molecule has 0 bridgehead atoms. The lowest BCUT2D eigenvalue weighted by Gasteiger charge is -2.12. The minimum Gasteiger partial charge on any atom is -0.507 e. The second-order valence-electron chi connectivity index (χ2n) is 8.02. The minimum atomic E-state index is -0.621. The van der Waals surface area contributed by atoms with Gasteiger partial charge in [-0.25, -0.2) is 4.98 Å². The van der Waals surface area contributed by atoms with Crippen LogP contribution in [0, 0.1) is 17.0 Å². The molecular formula is C26H18N4O5S2. The highest BCUT2D eigenvalue weighted by atomic mass is 32.1. The first-order valence-electron chi connectivity index (χ1n) is 11.0. The van der Waals surface area contributed by atoms with Crippen LogP contribution in [0.4, 0.5) is 11.4 Å². The number of fused-ring (bicyclic) bond motifs is 1. The Bertz CT molecular complexity index is 1660. The summed E-state index contributed by atoms with van der Waals surface area (Å²) in [6, 6.07) is 20.1. The molecule has 2 aromatic heterocycles. The van der Waals surface area contributed by atoms with Gasteiger partial charge in [0.15, 0.2) is 10.9 Å². The van der Waals surface area contributed by atoms with Crippen molar-refractivity contribution in [2.24, 2.45) is 0 Å². The van der Waals surface area contributed by atoms with Crippen LogP contribution in [-0.4, -0.2) is 26.0 Å². The number of carbonyl (C=O) groups is 1. The summed E-state index contributed by atoms with van der Waals surface area (Å²) in [5, 5.41) is 28.1. The Morgan fingerprint density at radius 2 is 1.84 bits per heavy atom. The van der Waals surface area contributed by atoms with Crippen LogP contribution in [0.5, 0.6) is 5.75 Å². The molecular weight excluding hydrogens is 512 g/mol. The van der Waals surface area contributed by atoms with Crippen LogP contribution in [-0.2, 0) is 0 Å². The van der Waals surface area contributed by atoms with E-state index in [4.69, 9.17) is 16.6 Å². The first-order valence-corrected chi connectivity index (χ1v) is 12.2. The number of aromatic nitrogens is 1. The van der Waals surface area contributed by atoms with E-state index in [1.54, 1.807) is 37.3 Å². The molecule has 0 fully saturated rings. The summed E-state index contributed by atoms with van der Waals surface area (Å²) in [6.45, 7) is 1.76.